The zero-order valence-corrected chi connectivity index (χ0v) is 27.3. The Morgan fingerprint density at radius 3 is 1.74 bits per heavy atom. The fraction of sp³-hybridized carbons (Fsp3) is 0. The van der Waals surface area contributed by atoms with Crippen LogP contribution in [0, 0.1) is 0 Å². The van der Waals surface area contributed by atoms with Gasteiger partial charge in [-0.3, -0.25) is 0 Å². The highest BCUT2D eigenvalue weighted by atomic mass is 16.3. The van der Waals surface area contributed by atoms with Crippen LogP contribution in [0.3, 0.4) is 0 Å². The third-order valence-corrected chi connectivity index (χ3v) is 10.0. The second-order valence-corrected chi connectivity index (χ2v) is 13.0. The molecule has 1 heterocycles. The Labute approximate surface area is 290 Å². The van der Waals surface area contributed by atoms with Gasteiger partial charge in [0.25, 0.3) is 0 Å². The molecule has 10 rings (SSSR count). The van der Waals surface area contributed by atoms with E-state index in [9.17, 15) is 0 Å². The summed E-state index contributed by atoms with van der Waals surface area (Å²) >= 11 is 0. The standard InChI is InChI=1S/C48H31NO/c1-4-15-41-33(10-1)20-21-36-29-40(26-27-43(36)41)49(46-30-35-11-2-5-16-42(35)44-17-6-7-18-45(44)46)39-24-22-32(23-25-39)34-13-9-14-37(28-34)48-31-38-12-3-8-19-47(38)50-48/h1-31H. The maximum absolute atomic E-state index is 6.21. The zero-order chi connectivity index (χ0) is 33.0. The Morgan fingerprint density at radius 1 is 0.320 bits per heavy atom. The second-order valence-electron chi connectivity index (χ2n) is 13.0. The maximum atomic E-state index is 6.21. The lowest BCUT2D eigenvalue weighted by molar-refractivity contribution is 0.631. The van der Waals surface area contributed by atoms with E-state index in [-0.39, 0.29) is 0 Å². The molecule has 234 valence electrons. The summed E-state index contributed by atoms with van der Waals surface area (Å²) in [6.45, 7) is 0. The van der Waals surface area contributed by atoms with Gasteiger partial charge >= 0.3 is 0 Å². The smallest absolute Gasteiger partial charge is 0.135 e. The molecule has 0 radical (unpaired) electrons. The third kappa shape index (κ3) is 4.73. The number of furan rings is 1. The average molecular weight is 638 g/mol. The van der Waals surface area contributed by atoms with Crippen molar-refractivity contribution in [3.8, 4) is 22.5 Å². The molecular formula is C48H31NO. The number of hydrogen-bond donors (Lipinski definition) is 0. The topological polar surface area (TPSA) is 16.4 Å². The molecule has 0 saturated heterocycles. The van der Waals surface area contributed by atoms with Gasteiger partial charge in [-0.2, -0.15) is 0 Å². The minimum Gasteiger partial charge on any atom is -0.456 e. The van der Waals surface area contributed by atoms with Gasteiger partial charge in [-0.1, -0.05) is 140 Å². The number of hydrogen-bond acceptors (Lipinski definition) is 2. The van der Waals surface area contributed by atoms with Crippen molar-refractivity contribution in [3.63, 3.8) is 0 Å². The Hall–Kier alpha value is -6.64. The minimum absolute atomic E-state index is 0.878. The molecule has 0 fully saturated rings. The van der Waals surface area contributed by atoms with Crippen LogP contribution in [0.2, 0.25) is 0 Å². The lowest BCUT2D eigenvalue weighted by Gasteiger charge is -2.28. The highest BCUT2D eigenvalue weighted by molar-refractivity contribution is 6.15. The van der Waals surface area contributed by atoms with E-state index in [0.29, 0.717) is 0 Å². The average Bonchev–Trinajstić information content (AvgIpc) is 3.63. The summed E-state index contributed by atoms with van der Waals surface area (Å²) in [6.07, 6.45) is 0. The molecule has 0 unspecified atom stereocenters. The van der Waals surface area contributed by atoms with Crippen LogP contribution in [0.15, 0.2) is 192 Å². The van der Waals surface area contributed by atoms with Gasteiger partial charge in [0.1, 0.15) is 11.3 Å². The van der Waals surface area contributed by atoms with Crippen molar-refractivity contribution in [2.45, 2.75) is 0 Å². The monoisotopic (exact) mass is 637 g/mol. The van der Waals surface area contributed by atoms with Crippen LogP contribution in [0.25, 0.3) is 76.5 Å². The molecule has 0 saturated carbocycles. The first kappa shape index (κ1) is 28.4. The molecule has 0 bridgehead atoms. The van der Waals surface area contributed by atoms with Gasteiger partial charge in [-0.25, -0.2) is 0 Å². The van der Waals surface area contributed by atoms with Crippen molar-refractivity contribution in [2.24, 2.45) is 0 Å². The zero-order valence-electron chi connectivity index (χ0n) is 27.3. The predicted molar refractivity (Wildman–Crippen MR) is 212 cm³/mol. The van der Waals surface area contributed by atoms with Crippen molar-refractivity contribution in [2.75, 3.05) is 4.90 Å². The fourth-order valence-corrected chi connectivity index (χ4v) is 7.57. The molecule has 0 atom stereocenters. The molecule has 2 nitrogen and oxygen atoms in total. The van der Waals surface area contributed by atoms with Crippen molar-refractivity contribution in [3.05, 3.63) is 188 Å². The highest BCUT2D eigenvalue weighted by Crippen LogP contribution is 2.43. The van der Waals surface area contributed by atoms with Gasteiger partial charge in [0.05, 0.1) is 5.69 Å². The minimum atomic E-state index is 0.878. The molecule has 1 aromatic heterocycles. The first-order valence-corrected chi connectivity index (χ1v) is 17.1. The summed E-state index contributed by atoms with van der Waals surface area (Å²) in [4.78, 5) is 2.41. The van der Waals surface area contributed by atoms with Crippen LogP contribution in [0.5, 0.6) is 0 Å². The number of benzene rings is 9. The molecule has 0 aliphatic rings. The van der Waals surface area contributed by atoms with Gasteiger partial charge < -0.3 is 9.32 Å². The molecule has 0 spiro atoms. The van der Waals surface area contributed by atoms with E-state index >= 15 is 0 Å². The summed E-state index contributed by atoms with van der Waals surface area (Å²) in [5.74, 6) is 0.878. The number of para-hydroxylation sites is 1. The SMILES string of the molecule is c1cc(-c2ccc(N(c3ccc4c(ccc5ccccc54)c3)c3cc4ccccc4c4ccccc34)cc2)cc(-c2cc3ccccc3o2)c1. The van der Waals surface area contributed by atoms with Gasteiger partial charge in [0.15, 0.2) is 0 Å². The highest BCUT2D eigenvalue weighted by Gasteiger charge is 2.18. The maximum Gasteiger partial charge on any atom is 0.135 e. The predicted octanol–water partition coefficient (Wildman–Crippen LogP) is 13.8. The lowest BCUT2D eigenvalue weighted by Crippen LogP contribution is -2.10. The van der Waals surface area contributed by atoms with Crippen LogP contribution in [-0.2, 0) is 0 Å². The molecule has 0 amide bonds. The first-order valence-electron chi connectivity index (χ1n) is 17.1. The molecule has 0 aliphatic heterocycles. The van der Waals surface area contributed by atoms with E-state index in [0.717, 1.165) is 50.5 Å². The van der Waals surface area contributed by atoms with Crippen LogP contribution in [0.1, 0.15) is 0 Å². The summed E-state index contributed by atoms with van der Waals surface area (Å²) in [5.41, 5.74) is 7.64. The lowest BCUT2D eigenvalue weighted by atomic mass is 9.97. The van der Waals surface area contributed by atoms with Gasteiger partial charge in [0.2, 0.25) is 0 Å². The molecule has 2 heteroatoms. The Morgan fingerprint density at radius 2 is 0.920 bits per heavy atom. The largest absolute Gasteiger partial charge is 0.456 e. The third-order valence-electron chi connectivity index (χ3n) is 10.0. The van der Waals surface area contributed by atoms with Crippen LogP contribution in [-0.4, -0.2) is 0 Å². The molecule has 9 aromatic carbocycles. The summed E-state index contributed by atoms with van der Waals surface area (Å²) in [5, 5.41) is 11.1. The first-order chi connectivity index (χ1) is 24.8. The normalized spacial score (nSPS) is 11.6. The van der Waals surface area contributed by atoms with Crippen molar-refractivity contribution >= 4 is 71.1 Å². The Bertz CT molecular complexity index is 2850. The Kier molecular flexibility index (Phi) is 6.53. The van der Waals surface area contributed by atoms with E-state index < -0.39 is 0 Å². The Balaban J connectivity index is 1.13. The fourth-order valence-electron chi connectivity index (χ4n) is 7.57. The van der Waals surface area contributed by atoms with E-state index in [4.69, 9.17) is 4.42 Å². The molecular weight excluding hydrogens is 607 g/mol. The van der Waals surface area contributed by atoms with E-state index in [2.05, 4.69) is 175 Å². The summed E-state index contributed by atoms with van der Waals surface area (Å²) in [7, 11) is 0. The van der Waals surface area contributed by atoms with Crippen molar-refractivity contribution < 1.29 is 4.42 Å². The second kappa shape index (κ2) is 11.5. The summed E-state index contributed by atoms with van der Waals surface area (Å²) in [6, 6.07) is 67.6. The molecule has 0 aliphatic carbocycles. The van der Waals surface area contributed by atoms with Crippen LogP contribution < -0.4 is 4.90 Å². The number of nitrogens with zero attached hydrogens (tertiary/aromatic N) is 1. The van der Waals surface area contributed by atoms with E-state index in [1.807, 2.05) is 18.2 Å². The quantitative estimate of drug-likeness (QED) is 0.175. The van der Waals surface area contributed by atoms with E-state index in [1.54, 1.807) is 0 Å². The van der Waals surface area contributed by atoms with E-state index in [1.165, 1.54) is 43.1 Å². The molecule has 0 N–H and O–H groups in total. The molecule has 50 heavy (non-hydrogen) atoms. The summed E-state index contributed by atoms with van der Waals surface area (Å²) < 4.78 is 6.21. The van der Waals surface area contributed by atoms with Crippen molar-refractivity contribution in [1.82, 2.24) is 0 Å². The van der Waals surface area contributed by atoms with Gasteiger partial charge in [0, 0.05) is 27.7 Å². The number of fused-ring (bicyclic) bond motifs is 7. The molecule has 10 aromatic rings. The number of anilines is 3. The van der Waals surface area contributed by atoms with Gasteiger partial charge in [-0.15, -0.1) is 0 Å². The number of rotatable bonds is 5. The van der Waals surface area contributed by atoms with Crippen LogP contribution in [0.4, 0.5) is 17.1 Å². The van der Waals surface area contributed by atoms with Crippen molar-refractivity contribution in [1.29, 1.82) is 0 Å². The van der Waals surface area contributed by atoms with Crippen LogP contribution >= 0.6 is 0 Å². The van der Waals surface area contributed by atoms with Gasteiger partial charge in [-0.05, 0) is 97.4 Å².